The molecule has 1 atom stereocenters. The summed E-state index contributed by atoms with van der Waals surface area (Å²) in [5, 5.41) is 7.80. The van der Waals surface area contributed by atoms with Crippen LogP contribution in [0, 0.1) is 20.8 Å². The van der Waals surface area contributed by atoms with Gasteiger partial charge in [0.05, 0.1) is 6.54 Å². The van der Waals surface area contributed by atoms with Crippen molar-refractivity contribution in [1.82, 2.24) is 24.7 Å². The van der Waals surface area contributed by atoms with Crippen LogP contribution in [0.15, 0.2) is 6.07 Å². The fourth-order valence-corrected chi connectivity index (χ4v) is 2.52. The van der Waals surface area contributed by atoms with E-state index in [0.29, 0.717) is 12.0 Å². The Labute approximate surface area is 112 Å². The Morgan fingerprint density at radius 3 is 2.63 bits per heavy atom. The van der Waals surface area contributed by atoms with Crippen molar-refractivity contribution in [3.05, 3.63) is 29.1 Å². The maximum absolute atomic E-state index is 4.42. The average molecular weight is 258 g/mol. The van der Waals surface area contributed by atoms with Crippen molar-refractivity contribution in [2.75, 3.05) is 5.32 Å². The molecule has 2 aromatic heterocycles. The van der Waals surface area contributed by atoms with E-state index in [2.05, 4.69) is 25.4 Å². The van der Waals surface area contributed by atoms with Gasteiger partial charge in [0, 0.05) is 23.9 Å². The van der Waals surface area contributed by atoms with Crippen molar-refractivity contribution in [1.29, 1.82) is 0 Å². The molecule has 0 spiro atoms. The monoisotopic (exact) mass is 258 g/mol. The number of rotatable bonds is 2. The largest absolute Gasteiger partial charge is 0.350 e. The summed E-state index contributed by atoms with van der Waals surface area (Å²) in [4.78, 5) is 13.3. The minimum absolute atomic E-state index is 0.315. The smallest absolute Gasteiger partial charge is 0.223 e. The zero-order chi connectivity index (χ0) is 13.4. The fraction of sp³-hybridized carbons (Fsp3) is 0.538. The Hall–Kier alpha value is -1.98. The molecule has 0 saturated heterocycles. The molecular formula is C13H18N6. The maximum Gasteiger partial charge on any atom is 0.223 e. The number of aromatic nitrogens is 5. The molecule has 1 N–H and O–H groups in total. The Morgan fingerprint density at radius 2 is 1.89 bits per heavy atom. The van der Waals surface area contributed by atoms with Gasteiger partial charge in [-0.2, -0.15) is 5.10 Å². The van der Waals surface area contributed by atoms with Crippen LogP contribution in [0.5, 0.6) is 0 Å². The van der Waals surface area contributed by atoms with Gasteiger partial charge in [0.2, 0.25) is 5.95 Å². The topological polar surface area (TPSA) is 68.5 Å². The second kappa shape index (κ2) is 4.60. The van der Waals surface area contributed by atoms with Crippen LogP contribution in [0.1, 0.15) is 29.5 Å². The van der Waals surface area contributed by atoms with Crippen molar-refractivity contribution in [2.24, 2.45) is 0 Å². The lowest BCUT2D eigenvalue weighted by atomic mass is 10.1. The first-order valence-electron chi connectivity index (χ1n) is 6.59. The van der Waals surface area contributed by atoms with E-state index in [1.165, 1.54) is 0 Å². The molecule has 3 heterocycles. The summed E-state index contributed by atoms with van der Waals surface area (Å²) >= 11 is 0. The van der Waals surface area contributed by atoms with Gasteiger partial charge in [-0.15, -0.1) is 0 Å². The molecular weight excluding hydrogens is 240 g/mol. The molecule has 19 heavy (non-hydrogen) atoms. The minimum atomic E-state index is 0.315. The van der Waals surface area contributed by atoms with Gasteiger partial charge in [0.1, 0.15) is 11.6 Å². The molecule has 2 aromatic rings. The third kappa shape index (κ3) is 2.57. The summed E-state index contributed by atoms with van der Waals surface area (Å²) < 4.78 is 1.99. The van der Waals surface area contributed by atoms with E-state index in [9.17, 15) is 0 Å². The molecule has 6 nitrogen and oxygen atoms in total. The molecule has 1 aliphatic heterocycles. The third-order valence-electron chi connectivity index (χ3n) is 3.28. The third-order valence-corrected chi connectivity index (χ3v) is 3.28. The molecule has 0 bridgehead atoms. The Kier molecular flexibility index (Phi) is 2.93. The fourth-order valence-electron chi connectivity index (χ4n) is 2.52. The number of aryl methyl sites for hydroxylation is 4. The zero-order valence-corrected chi connectivity index (χ0v) is 11.5. The number of hydrogen-bond donors (Lipinski definition) is 1. The van der Waals surface area contributed by atoms with E-state index in [0.717, 1.165) is 42.4 Å². The first-order valence-corrected chi connectivity index (χ1v) is 6.59. The average Bonchev–Trinajstić information content (AvgIpc) is 2.67. The first kappa shape index (κ1) is 12.1. The highest BCUT2D eigenvalue weighted by Gasteiger charge is 2.21. The minimum Gasteiger partial charge on any atom is -0.350 e. The van der Waals surface area contributed by atoms with E-state index in [1.54, 1.807) is 0 Å². The molecule has 0 amide bonds. The van der Waals surface area contributed by atoms with Gasteiger partial charge in [-0.05, 0) is 33.3 Å². The molecule has 100 valence electrons. The lowest BCUT2D eigenvalue weighted by Crippen LogP contribution is -2.32. The van der Waals surface area contributed by atoms with Gasteiger partial charge in [-0.25, -0.2) is 19.6 Å². The lowest BCUT2D eigenvalue weighted by molar-refractivity contribution is 0.439. The summed E-state index contributed by atoms with van der Waals surface area (Å²) in [6.45, 7) is 6.73. The summed E-state index contributed by atoms with van der Waals surface area (Å²) in [6, 6.07) is 2.29. The van der Waals surface area contributed by atoms with Crippen LogP contribution in [0.25, 0.3) is 0 Å². The van der Waals surface area contributed by atoms with Crippen LogP contribution in [0.2, 0.25) is 0 Å². The van der Waals surface area contributed by atoms with Crippen molar-refractivity contribution in [3.63, 3.8) is 0 Å². The van der Waals surface area contributed by atoms with Crippen LogP contribution >= 0.6 is 0 Å². The summed E-state index contributed by atoms with van der Waals surface area (Å²) in [5.41, 5.74) is 1.98. The predicted molar refractivity (Wildman–Crippen MR) is 72.0 cm³/mol. The molecule has 1 aliphatic rings. The normalized spacial score (nSPS) is 18.2. The Morgan fingerprint density at radius 1 is 1.16 bits per heavy atom. The number of anilines is 1. The Balaban J connectivity index is 1.75. The number of nitrogens with one attached hydrogen (secondary N) is 1. The highest BCUT2D eigenvalue weighted by molar-refractivity contribution is 5.29. The van der Waals surface area contributed by atoms with Gasteiger partial charge < -0.3 is 5.32 Å². The van der Waals surface area contributed by atoms with Gasteiger partial charge >= 0.3 is 0 Å². The van der Waals surface area contributed by atoms with Crippen molar-refractivity contribution in [2.45, 2.75) is 46.2 Å². The molecule has 0 aromatic carbocycles. The van der Waals surface area contributed by atoms with Crippen LogP contribution < -0.4 is 5.32 Å². The molecule has 0 fully saturated rings. The van der Waals surface area contributed by atoms with E-state index >= 15 is 0 Å². The van der Waals surface area contributed by atoms with Crippen molar-refractivity contribution < 1.29 is 0 Å². The quantitative estimate of drug-likeness (QED) is 0.882. The highest BCUT2D eigenvalue weighted by Crippen LogP contribution is 2.16. The molecule has 0 saturated carbocycles. The van der Waals surface area contributed by atoms with Crippen LogP contribution in [-0.2, 0) is 13.0 Å². The first-order chi connectivity index (χ1) is 9.10. The van der Waals surface area contributed by atoms with E-state index in [-0.39, 0.29) is 0 Å². The van der Waals surface area contributed by atoms with Crippen molar-refractivity contribution >= 4 is 5.95 Å². The molecule has 0 aliphatic carbocycles. The Bertz CT molecular complexity index is 583. The van der Waals surface area contributed by atoms with Crippen LogP contribution in [0.4, 0.5) is 5.95 Å². The second-order valence-electron chi connectivity index (χ2n) is 5.11. The van der Waals surface area contributed by atoms with Gasteiger partial charge in [0.15, 0.2) is 0 Å². The standard InChI is InChI=1S/C13H18N6/c1-8-6-9(2)15-13(14-8)17-11-4-5-12-16-10(3)18-19(12)7-11/h6,11H,4-5,7H2,1-3H3,(H,14,15,17)/t11-/m0/s1. The SMILES string of the molecule is Cc1cc(C)nc(N[C@H]2CCc3nc(C)nn3C2)n1. The summed E-state index contributed by atoms with van der Waals surface area (Å²) in [7, 11) is 0. The zero-order valence-electron chi connectivity index (χ0n) is 11.5. The lowest BCUT2D eigenvalue weighted by Gasteiger charge is -2.23. The number of fused-ring (bicyclic) bond motifs is 1. The molecule has 0 radical (unpaired) electrons. The van der Waals surface area contributed by atoms with E-state index in [1.807, 2.05) is 31.5 Å². The van der Waals surface area contributed by atoms with Gasteiger partial charge in [0.25, 0.3) is 0 Å². The van der Waals surface area contributed by atoms with E-state index < -0.39 is 0 Å². The highest BCUT2D eigenvalue weighted by atomic mass is 15.4. The molecule has 6 heteroatoms. The van der Waals surface area contributed by atoms with E-state index in [4.69, 9.17) is 0 Å². The predicted octanol–water partition coefficient (Wildman–Crippen LogP) is 1.42. The molecule has 3 rings (SSSR count). The number of nitrogens with zero attached hydrogens (tertiary/aromatic N) is 5. The van der Waals surface area contributed by atoms with Crippen LogP contribution in [0.3, 0.4) is 0 Å². The van der Waals surface area contributed by atoms with Gasteiger partial charge in [-0.3, -0.25) is 0 Å². The number of hydrogen-bond acceptors (Lipinski definition) is 5. The van der Waals surface area contributed by atoms with Crippen LogP contribution in [-0.4, -0.2) is 30.8 Å². The second-order valence-corrected chi connectivity index (χ2v) is 5.11. The molecule has 0 unspecified atom stereocenters. The maximum atomic E-state index is 4.42. The van der Waals surface area contributed by atoms with Gasteiger partial charge in [-0.1, -0.05) is 0 Å². The summed E-state index contributed by atoms with van der Waals surface area (Å²) in [6.07, 6.45) is 1.98. The summed E-state index contributed by atoms with van der Waals surface area (Å²) in [5.74, 6) is 2.64. The van der Waals surface area contributed by atoms with Crippen molar-refractivity contribution in [3.8, 4) is 0 Å².